The summed E-state index contributed by atoms with van der Waals surface area (Å²) in [5.74, 6) is -0.988. The van der Waals surface area contributed by atoms with Crippen molar-refractivity contribution in [1.82, 2.24) is 5.43 Å². The van der Waals surface area contributed by atoms with E-state index in [1.165, 1.54) is 0 Å². The van der Waals surface area contributed by atoms with Gasteiger partial charge in [0.1, 0.15) is 10.6 Å². The van der Waals surface area contributed by atoms with Crippen LogP contribution >= 0.6 is 11.3 Å². The molecule has 0 aromatic carbocycles. The molecule has 0 radical (unpaired) electrons. The minimum Gasteiger partial charge on any atom is -0.462 e. The molecule has 8 heteroatoms. The van der Waals surface area contributed by atoms with Gasteiger partial charge in [-0.15, -0.1) is 11.3 Å². The highest BCUT2D eigenvalue weighted by atomic mass is 32.1. The van der Waals surface area contributed by atoms with Gasteiger partial charge >= 0.3 is 5.97 Å². The fourth-order valence-electron chi connectivity index (χ4n) is 1.76. The number of aryl methyl sites for hydroxylation is 1. The number of hydrogen-bond acceptors (Lipinski definition) is 6. The van der Waals surface area contributed by atoms with Gasteiger partial charge in [0.2, 0.25) is 5.91 Å². The van der Waals surface area contributed by atoms with Crippen molar-refractivity contribution in [2.75, 3.05) is 11.9 Å². The van der Waals surface area contributed by atoms with E-state index in [-0.39, 0.29) is 23.9 Å². The molecule has 1 aromatic heterocycles. The van der Waals surface area contributed by atoms with Gasteiger partial charge in [-0.3, -0.25) is 9.59 Å². The zero-order chi connectivity index (χ0) is 15.4. The highest BCUT2D eigenvalue weighted by molar-refractivity contribution is 7.18. The highest BCUT2D eigenvalue weighted by Gasteiger charge is 2.20. The van der Waals surface area contributed by atoms with Crippen LogP contribution in [0.2, 0.25) is 0 Å². The topological polar surface area (TPSA) is 96.9 Å². The predicted octanol–water partition coefficient (Wildman–Crippen LogP) is 1.44. The number of amides is 2. The molecule has 1 aromatic rings. The van der Waals surface area contributed by atoms with Crippen molar-refractivity contribution in [2.24, 2.45) is 5.10 Å². The molecular formula is C13H15N3O4S. The van der Waals surface area contributed by atoms with Crippen LogP contribution in [0.25, 0.3) is 0 Å². The lowest BCUT2D eigenvalue weighted by atomic mass is 10.1. The molecule has 1 aliphatic heterocycles. The minimum atomic E-state index is -0.400. The van der Waals surface area contributed by atoms with E-state index >= 15 is 0 Å². The first-order valence-corrected chi connectivity index (χ1v) is 7.27. The Labute approximate surface area is 125 Å². The molecule has 112 valence electrons. The predicted molar refractivity (Wildman–Crippen MR) is 78.5 cm³/mol. The fraction of sp³-hybridized carbons (Fsp3) is 0.385. The summed E-state index contributed by atoms with van der Waals surface area (Å²) in [7, 11) is 0. The summed E-state index contributed by atoms with van der Waals surface area (Å²) in [6, 6.07) is 1.71. The molecular weight excluding hydrogens is 294 g/mol. The third-order valence-electron chi connectivity index (χ3n) is 2.78. The summed E-state index contributed by atoms with van der Waals surface area (Å²) in [5, 5.41) is 6.93. The third-order valence-corrected chi connectivity index (χ3v) is 3.91. The van der Waals surface area contributed by atoms with Crippen LogP contribution in [0.5, 0.6) is 0 Å². The average Bonchev–Trinajstić information content (AvgIpc) is 2.80. The second-order valence-corrected chi connectivity index (χ2v) is 5.44. The van der Waals surface area contributed by atoms with Gasteiger partial charge in [-0.2, -0.15) is 5.10 Å². The van der Waals surface area contributed by atoms with Crippen LogP contribution in [-0.2, 0) is 14.3 Å². The molecule has 7 nitrogen and oxygen atoms in total. The second kappa shape index (κ2) is 6.49. The number of nitrogens with one attached hydrogen (secondary N) is 2. The quantitative estimate of drug-likeness (QED) is 0.822. The maximum atomic E-state index is 12.0. The molecule has 0 saturated heterocycles. The highest BCUT2D eigenvalue weighted by Crippen LogP contribution is 2.27. The molecule has 1 aliphatic rings. The van der Waals surface area contributed by atoms with E-state index in [9.17, 15) is 14.4 Å². The summed E-state index contributed by atoms with van der Waals surface area (Å²) < 4.78 is 4.94. The Kier molecular flexibility index (Phi) is 4.69. The third kappa shape index (κ3) is 3.66. The van der Waals surface area contributed by atoms with Crippen LogP contribution in [0.1, 0.15) is 35.0 Å². The van der Waals surface area contributed by atoms with Gasteiger partial charge in [-0.05, 0) is 25.5 Å². The number of carbonyl (C=O) groups excluding carboxylic acids is 3. The summed E-state index contributed by atoms with van der Waals surface area (Å²) in [4.78, 5) is 35.1. The Morgan fingerprint density at radius 2 is 2.24 bits per heavy atom. The van der Waals surface area contributed by atoms with Gasteiger partial charge in [-0.1, -0.05) is 0 Å². The fourth-order valence-corrected chi connectivity index (χ4v) is 2.73. The van der Waals surface area contributed by atoms with Gasteiger partial charge in [0.25, 0.3) is 5.91 Å². The van der Waals surface area contributed by atoms with Crippen molar-refractivity contribution in [2.45, 2.75) is 26.7 Å². The van der Waals surface area contributed by atoms with Crippen molar-refractivity contribution >= 4 is 39.8 Å². The Hall–Kier alpha value is -2.22. The van der Waals surface area contributed by atoms with E-state index in [0.717, 1.165) is 16.9 Å². The SMILES string of the molecule is CCOC(=O)c1sc(NC(=O)C2=NNC(=O)CC2)cc1C. The van der Waals surface area contributed by atoms with Crippen LogP contribution in [0.15, 0.2) is 11.2 Å². The molecule has 2 rings (SSSR count). The average molecular weight is 309 g/mol. The zero-order valence-electron chi connectivity index (χ0n) is 11.7. The Morgan fingerprint density at radius 1 is 1.48 bits per heavy atom. The monoisotopic (exact) mass is 309 g/mol. The molecule has 21 heavy (non-hydrogen) atoms. The van der Waals surface area contributed by atoms with E-state index < -0.39 is 5.97 Å². The molecule has 2 N–H and O–H groups in total. The number of thiophene rings is 1. The summed E-state index contributed by atoms with van der Waals surface area (Å²) in [6.45, 7) is 3.81. The summed E-state index contributed by atoms with van der Waals surface area (Å²) in [6.07, 6.45) is 0.538. The molecule has 0 aliphatic carbocycles. The molecule has 0 bridgehead atoms. The first kappa shape index (κ1) is 15.2. The minimum absolute atomic E-state index is 0.205. The van der Waals surface area contributed by atoms with E-state index in [1.54, 1.807) is 19.9 Å². The lowest BCUT2D eigenvalue weighted by molar-refractivity contribution is -0.121. The lowest BCUT2D eigenvalue weighted by Gasteiger charge is -2.10. The Morgan fingerprint density at radius 3 is 2.86 bits per heavy atom. The van der Waals surface area contributed by atoms with Crippen LogP contribution in [0.3, 0.4) is 0 Å². The number of ether oxygens (including phenoxy) is 1. The normalized spacial score (nSPS) is 14.2. The standard InChI is InChI=1S/C13H15N3O4S/c1-3-20-13(19)11-7(2)6-10(21-11)14-12(18)8-4-5-9(17)16-15-8/h6H,3-5H2,1-2H3,(H,14,18)(H,16,17). The van der Waals surface area contributed by atoms with E-state index in [1.807, 2.05) is 0 Å². The number of nitrogens with zero attached hydrogens (tertiary/aromatic N) is 1. The smallest absolute Gasteiger partial charge is 0.348 e. The Balaban J connectivity index is 2.06. The van der Waals surface area contributed by atoms with Crippen LogP contribution in [0.4, 0.5) is 5.00 Å². The van der Waals surface area contributed by atoms with Gasteiger partial charge in [-0.25, -0.2) is 10.2 Å². The van der Waals surface area contributed by atoms with Crippen LogP contribution in [-0.4, -0.2) is 30.1 Å². The van der Waals surface area contributed by atoms with Crippen molar-refractivity contribution in [3.63, 3.8) is 0 Å². The molecule has 0 spiro atoms. The van der Waals surface area contributed by atoms with Crippen molar-refractivity contribution in [1.29, 1.82) is 0 Å². The molecule has 0 saturated carbocycles. The summed E-state index contributed by atoms with van der Waals surface area (Å²) >= 11 is 1.15. The molecule has 0 atom stereocenters. The zero-order valence-corrected chi connectivity index (χ0v) is 12.5. The van der Waals surface area contributed by atoms with Gasteiger partial charge in [0, 0.05) is 12.8 Å². The van der Waals surface area contributed by atoms with E-state index in [4.69, 9.17) is 4.74 Å². The van der Waals surface area contributed by atoms with Crippen molar-refractivity contribution in [3.05, 3.63) is 16.5 Å². The number of anilines is 1. The number of rotatable bonds is 4. The second-order valence-electron chi connectivity index (χ2n) is 4.39. The van der Waals surface area contributed by atoms with Gasteiger partial charge in [0.05, 0.1) is 11.6 Å². The molecule has 2 heterocycles. The van der Waals surface area contributed by atoms with Crippen LogP contribution < -0.4 is 10.7 Å². The first-order valence-electron chi connectivity index (χ1n) is 6.45. The largest absolute Gasteiger partial charge is 0.462 e. The molecule has 0 unspecified atom stereocenters. The van der Waals surface area contributed by atoms with E-state index in [2.05, 4.69) is 15.8 Å². The van der Waals surface area contributed by atoms with Crippen LogP contribution in [0, 0.1) is 6.92 Å². The Bertz CT molecular complexity index is 621. The maximum absolute atomic E-state index is 12.0. The number of esters is 1. The van der Waals surface area contributed by atoms with Crippen molar-refractivity contribution in [3.8, 4) is 0 Å². The van der Waals surface area contributed by atoms with Gasteiger partial charge < -0.3 is 10.1 Å². The van der Waals surface area contributed by atoms with Gasteiger partial charge in [0.15, 0.2) is 0 Å². The number of hydrogen-bond donors (Lipinski definition) is 2. The first-order chi connectivity index (χ1) is 10.0. The number of carbonyl (C=O) groups is 3. The maximum Gasteiger partial charge on any atom is 0.348 e. The summed E-state index contributed by atoms with van der Waals surface area (Å²) in [5.41, 5.74) is 3.27. The number of hydrazone groups is 1. The molecule has 2 amide bonds. The van der Waals surface area contributed by atoms with Crippen molar-refractivity contribution < 1.29 is 19.1 Å². The van der Waals surface area contributed by atoms with E-state index in [0.29, 0.717) is 22.9 Å². The molecule has 0 fully saturated rings. The lowest BCUT2D eigenvalue weighted by Crippen LogP contribution is -2.32.